The summed E-state index contributed by atoms with van der Waals surface area (Å²) in [6.07, 6.45) is 1.44. The Labute approximate surface area is 207 Å². The Morgan fingerprint density at radius 1 is 1.11 bits per heavy atom. The molecule has 0 aliphatic carbocycles. The molecule has 0 bridgehead atoms. The summed E-state index contributed by atoms with van der Waals surface area (Å²) in [5.74, 6) is 1.11. The number of fused-ring (bicyclic) bond motifs is 1. The van der Waals surface area contributed by atoms with Gasteiger partial charge < -0.3 is 20.1 Å². The van der Waals surface area contributed by atoms with E-state index in [1.165, 1.54) is 18.5 Å². The number of benzene rings is 3. The van der Waals surface area contributed by atoms with Gasteiger partial charge in [0, 0.05) is 5.70 Å². The standard InChI is InChI=1S/C27H24FN5O3/c1-17-24(26(34)32-22-8-3-4-9-23(22)35-2)25(33-27(31-17)29-16-30-33)19-6-5-7-21(14-19)36-15-18-10-12-20(28)13-11-18/h3-14,16,25H,15H2,1-2H3,(H,32,34)(H,29,30,31). The molecule has 1 aromatic heterocycles. The van der Waals surface area contributed by atoms with Crippen molar-refractivity contribution in [2.45, 2.75) is 19.6 Å². The number of para-hydroxylation sites is 2. The fourth-order valence-corrected chi connectivity index (χ4v) is 4.15. The van der Waals surface area contributed by atoms with E-state index in [4.69, 9.17) is 9.47 Å². The molecule has 1 atom stereocenters. The largest absolute Gasteiger partial charge is 0.495 e. The SMILES string of the molecule is COc1ccccc1NC(=O)C1=C(C)Nc2ncnn2C1c1cccc(OCc2ccc(F)cc2)c1. The Hall–Kier alpha value is -4.66. The monoisotopic (exact) mass is 485 g/mol. The molecular weight excluding hydrogens is 461 g/mol. The maximum atomic E-state index is 13.6. The molecule has 3 aromatic carbocycles. The van der Waals surface area contributed by atoms with Crippen LogP contribution in [0.1, 0.15) is 24.1 Å². The number of rotatable bonds is 7. The Morgan fingerprint density at radius 3 is 2.72 bits per heavy atom. The first-order chi connectivity index (χ1) is 17.5. The molecule has 2 heterocycles. The van der Waals surface area contributed by atoms with E-state index < -0.39 is 6.04 Å². The molecule has 1 aliphatic rings. The molecule has 1 unspecified atom stereocenters. The van der Waals surface area contributed by atoms with Gasteiger partial charge in [0.2, 0.25) is 5.95 Å². The molecule has 4 aromatic rings. The number of halogens is 1. The zero-order valence-corrected chi connectivity index (χ0v) is 19.7. The summed E-state index contributed by atoms with van der Waals surface area (Å²) in [5.41, 5.74) is 3.34. The highest BCUT2D eigenvalue weighted by Crippen LogP contribution is 2.37. The van der Waals surface area contributed by atoms with Gasteiger partial charge in [0.1, 0.15) is 36.3 Å². The van der Waals surface area contributed by atoms with Crippen LogP contribution < -0.4 is 20.1 Å². The Morgan fingerprint density at radius 2 is 1.92 bits per heavy atom. The lowest BCUT2D eigenvalue weighted by Gasteiger charge is -2.29. The second-order valence-electron chi connectivity index (χ2n) is 8.24. The van der Waals surface area contributed by atoms with E-state index in [9.17, 15) is 9.18 Å². The molecule has 0 fully saturated rings. The Balaban J connectivity index is 1.46. The lowest BCUT2D eigenvalue weighted by atomic mass is 9.94. The quantitative estimate of drug-likeness (QED) is 0.386. The van der Waals surface area contributed by atoms with Crippen LogP contribution in [0.25, 0.3) is 0 Å². The van der Waals surface area contributed by atoms with E-state index >= 15 is 0 Å². The summed E-state index contributed by atoms with van der Waals surface area (Å²) in [4.78, 5) is 17.9. The van der Waals surface area contributed by atoms with Crippen LogP contribution in [0.5, 0.6) is 11.5 Å². The topological polar surface area (TPSA) is 90.3 Å². The third kappa shape index (κ3) is 4.63. The highest BCUT2D eigenvalue weighted by Gasteiger charge is 2.34. The zero-order chi connectivity index (χ0) is 25.1. The first-order valence-corrected chi connectivity index (χ1v) is 11.3. The van der Waals surface area contributed by atoms with Crippen molar-refractivity contribution in [3.8, 4) is 11.5 Å². The molecule has 1 aliphatic heterocycles. The maximum absolute atomic E-state index is 13.6. The number of carbonyl (C=O) groups excluding carboxylic acids is 1. The number of carbonyl (C=O) groups is 1. The molecule has 0 spiro atoms. The Bertz CT molecular complexity index is 1430. The van der Waals surface area contributed by atoms with Crippen molar-refractivity contribution in [3.63, 3.8) is 0 Å². The van der Waals surface area contributed by atoms with Crippen LogP contribution in [0.15, 0.2) is 90.4 Å². The van der Waals surface area contributed by atoms with Crippen molar-refractivity contribution in [2.24, 2.45) is 0 Å². The average Bonchev–Trinajstić information content (AvgIpc) is 3.36. The van der Waals surface area contributed by atoms with Gasteiger partial charge in [-0.25, -0.2) is 9.07 Å². The zero-order valence-electron chi connectivity index (χ0n) is 19.7. The predicted molar refractivity (Wildman–Crippen MR) is 133 cm³/mol. The summed E-state index contributed by atoms with van der Waals surface area (Å²) in [6, 6.07) is 20.3. The van der Waals surface area contributed by atoms with Crippen LogP contribution in [0.3, 0.4) is 0 Å². The van der Waals surface area contributed by atoms with Crippen molar-refractivity contribution >= 4 is 17.5 Å². The van der Waals surface area contributed by atoms with Gasteiger partial charge in [0.25, 0.3) is 5.91 Å². The third-order valence-corrected chi connectivity index (χ3v) is 5.89. The van der Waals surface area contributed by atoms with Gasteiger partial charge in [0.05, 0.1) is 18.4 Å². The number of methoxy groups -OCH3 is 1. The normalized spacial score (nSPS) is 14.6. The van der Waals surface area contributed by atoms with Crippen LogP contribution >= 0.6 is 0 Å². The molecule has 182 valence electrons. The number of allylic oxidation sites excluding steroid dienone is 1. The van der Waals surface area contributed by atoms with Gasteiger partial charge in [0.15, 0.2) is 0 Å². The number of anilines is 2. The van der Waals surface area contributed by atoms with Crippen molar-refractivity contribution in [1.29, 1.82) is 0 Å². The van der Waals surface area contributed by atoms with Crippen LogP contribution in [0.4, 0.5) is 16.0 Å². The predicted octanol–water partition coefficient (Wildman–Crippen LogP) is 4.93. The van der Waals surface area contributed by atoms with Gasteiger partial charge in [-0.05, 0) is 54.4 Å². The van der Waals surface area contributed by atoms with Gasteiger partial charge in [-0.1, -0.05) is 36.4 Å². The van der Waals surface area contributed by atoms with E-state index in [1.807, 2.05) is 43.3 Å². The molecule has 5 rings (SSSR count). The molecule has 0 saturated heterocycles. The first kappa shape index (κ1) is 23.1. The molecule has 36 heavy (non-hydrogen) atoms. The highest BCUT2D eigenvalue weighted by molar-refractivity contribution is 6.06. The molecule has 8 nitrogen and oxygen atoms in total. The number of nitrogens with zero attached hydrogens (tertiary/aromatic N) is 3. The molecule has 9 heteroatoms. The van der Waals surface area contributed by atoms with E-state index in [-0.39, 0.29) is 18.3 Å². The maximum Gasteiger partial charge on any atom is 0.255 e. The highest BCUT2D eigenvalue weighted by atomic mass is 19.1. The van der Waals surface area contributed by atoms with Gasteiger partial charge in [-0.15, -0.1) is 0 Å². The number of ether oxygens (including phenoxy) is 2. The van der Waals surface area contributed by atoms with Crippen molar-refractivity contribution < 1.29 is 18.7 Å². The number of aromatic nitrogens is 3. The number of hydrogen-bond acceptors (Lipinski definition) is 6. The molecule has 1 amide bonds. The van der Waals surface area contributed by atoms with E-state index in [2.05, 4.69) is 20.7 Å². The minimum Gasteiger partial charge on any atom is -0.495 e. The number of hydrogen-bond donors (Lipinski definition) is 2. The van der Waals surface area contributed by atoms with E-state index in [1.54, 1.807) is 36.1 Å². The molecular formula is C27H24FN5O3. The minimum absolute atomic E-state index is 0.278. The molecule has 0 radical (unpaired) electrons. The lowest BCUT2D eigenvalue weighted by Crippen LogP contribution is -2.31. The summed E-state index contributed by atoms with van der Waals surface area (Å²) >= 11 is 0. The summed E-state index contributed by atoms with van der Waals surface area (Å²) in [7, 11) is 1.56. The Kier molecular flexibility index (Phi) is 6.36. The van der Waals surface area contributed by atoms with E-state index in [0.29, 0.717) is 34.4 Å². The van der Waals surface area contributed by atoms with Crippen molar-refractivity contribution in [1.82, 2.24) is 14.8 Å². The van der Waals surface area contributed by atoms with Crippen LogP contribution in [-0.4, -0.2) is 27.8 Å². The number of amides is 1. The first-order valence-electron chi connectivity index (χ1n) is 11.3. The fourth-order valence-electron chi connectivity index (χ4n) is 4.15. The van der Waals surface area contributed by atoms with Crippen LogP contribution in [0.2, 0.25) is 0 Å². The number of nitrogens with one attached hydrogen (secondary N) is 2. The average molecular weight is 486 g/mol. The molecule has 2 N–H and O–H groups in total. The fraction of sp³-hybridized carbons (Fsp3) is 0.148. The third-order valence-electron chi connectivity index (χ3n) is 5.89. The van der Waals surface area contributed by atoms with Gasteiger partial charge in [-0.3, -0.25) is 4.79 Å². The second-order valence-corrected chi connectivity index (χ2v) is 8.24. The van der Waals surface area contributed by atoms with Crippen LogP contribution in [0, 0.1) is 5.82 Å². The molecule has 0 saturated carbocycles. The second kappa shape index (κ2) is 9.91. The smallest absolute Gasteiger partial charge is 0.255 e. The van der Waals surface area contributed by atoms with Gasteiger partial charge >= 0.3 is 0 Å². The summed E-state index contributed by atoms with van der Waals surface area (Å²) < 4.78 is 26.2. The summed E-state index contributed by atoms with van der Waals surface area (Å²) in [5, 5.41) is 10.5. The van der Waals surface area contributed by atoms with Gasteiger partial charge in [-0.2, -0.15) is 10.1 Å². The lowest BCUT2D eigenvalue weighted by molar-refractivity contribution is -0.113. The van der Waals surface area contributed by atoms with Crippen molar-refractivity contribution in [2.75, 3.05) is 17.7 Å². The van der Waals surface area contributed by atoms with Crippen molar-refractivity contribution in [3.05, 3.63) is 107 Å². The summed E-state index contributed by atoms with van der Waals surface area (Å²) in [6.45, 7) is 2.11. The van der Waals surface area contributed by atoms with E-state index in [0.717, 1.165) is 11.1 Å². The van der Waals surface area contributed by atoms with Crippen LogP contribution in [-0.2, 0) is 11.4 Å². The minimum atomic E-state index is -0.548.